The predicted octanol–water partition coefficient (Wildman–Crippen LogP) is 1.54. The molecule has 0 bridgehead atoms. The second-order valence-electron chi connectivity index (χ2n) is 3.03. The van der Waals surface area contributed by atoms with Crippen LogP contribution in [0, 0.1) is 0 Å². The van der Waals surface area contributed by atoms with Crippen LogP contribution in [0.5, 0.6) is 0 Å². The minimum absolute atomic E-state index is 0.0393. The van der Waals surface area contributed by atoms with Crippen molar-refractivity contribution < 1.29 is 0 Å². The van der Waals surface area contributed by atoms with Crippen molar-refractivity contribution in [3.8, 4) is 0 Å². The first kappa shape index (κ1) is 9.02. The molecular weight excluding hydrogens is 196 g/mol. The molecular formula is C10H10N2OS. The highest BCUT2D eigenvalue weighted by molar-refractivity contribution is 7.04. The van der Waals surface area contributed by atoms with Crippen LogP contribution in [0.25, 0.3) is 0 Å². The molecule has 0 atom stereocenters. The molecule has 72 valence electrons. The second kappa shape index (κ2) is 3.67. The maximum absolute atomic E-state index is 11.3. The maximum Gasteiger partial charge on any atom is 0.260 e. The topological polar surface area (TPSA) is 48.0 Å². The summed E-state index contributed by atoms with van der Waals surface area (Å²) < 4.78 is 1.69. The predicted molar refractivity (Wildman–Crippen MR) is 58.5 cm³/mol. The van der Waals surface area contributed by atoms with Gasteiger partial charge in [0.15, 0.2) is 0 Å². The first-order valence-corrected chi connectivity index (χ1v) is 5.08. The van der Waals surface area contributed by atoms with E-state index in [0.717, 1.165) is 11.3 Å². The molecule has 1 heterocycles. The molecule has 2 aromatic rings. The largest absolute Gasteiger partial charge is 0.399 e. The van der Waals surface area contributed by atoms with Gasteiger partial charge in [-0.25, -0.2) is 0 Å². The van der Waals surface area contributed by atoms with E-state index in [4.69, 9.17) is 5.73 Å². The number of benzene rings is 1. The lowest BCUT2D eigenvalue weighted by atomic mass is 10.2. The molecule has 0 aliphatic heterocycles. The van der Waals surface area contributed by atoms with Crippen molar-refractivity contribution in [1.82, 2.24) is 3.96 Å². The van der Waals surface area contributed by atoms with E-state index in [2.05, 4.69) is 0 Å². The van der Waals surface area contributed by atoms with Gasteiger partial charge in [-0.15, -0.1) is 0 Å². The molecule has 14 heavy (non-hydrogen) atoms. The monoisotopic (exact) mass is 206 g/mol. The Morgan fingerprint density at radius 3 is 2.86 bits per heavy atom. The lowest BCUT2D eigenvalue weighted by molar-refractivity contribution is 0.850. The number of nitrogens with zero attached hydrogens (tertiary/aromatic N) is 1. The van der Waals surface area contributed by atoms with Gasteiger partial charge < -0.3 is 5.73 Å². The molecule has 2 rings (SSSR count). The molecule has 0 unspecified atom stereocenters. The summed E-state index contributed by atoms with van der Waals surface area (Å²) in [6, 6.07) is 9.13. The van der Waals surface area contributed by atoms with E-state index >= 15 is 0 Å². The summed E-state index contributed by atoms with van der Waals surface area (Å²) in [7, 11) is 0. The van der Waals surface area contributed by atoms with Crippen molar-refractivity contribution in [2.24, 2.45) is 0 Å². The van der Waals surface area contributed by atoms with Crippen LogP contribution in [0.4, 0.5) is 5.69 Å². The molecule has 3 nitrogen and oxygen atoms in total. The van der Waals surface area contributed by atoms with Gasteiger partial charge in [-0.05, 0) is 17.7 Å². The summed E-state index contributed by atoms with van der Waals surface area (Å²) in [6.45, 7) is 0.599. The van der Waals surface area contributed by atoms with Crippen LogP contribution in [0.3, 0.4) is 0 Å². The maximum atomic E-state index is 11.3. The van der Waals surface area contributed by atoms with Crippen molar-refractivity contribution in [2.75, 3.05) is 5.73 Å². The minimum Gasteiger partial charge on any atom is -0.399 e. The van der Waals surface area contributed by atoms with Gasteiger partial charge in [0.1, 0.15) is 0 Å². The first-order valence-electron chi connectivity index (χ1n) is 4.25. The highest BCUT2D eigenvalue weighted by atomic mass is 32.1. The van der Waals surface area contributed by atoms with E-state index in [0.29, 0.717) is 6.54 Å². The smallest absolute Gasteiger partial charge is 0.260 e. The van der Waals surface area contributed by atoms with E-state index in [1.165, 1.54) is 11.5 Å². The zero-order chi connectivity index (χ0) is 9.97. The Morgan fingerprint density at radius 1 is 1.36 bits per heavy atom. The lowest BCUT2D eigenvalue weighted by Gasteiger charge is -2.01. The van der Waals surface area contributed by atoms with Crippen LogP contribution in [-0.4, -0.2) is 3.96 Å². The van der Waals surface area contributed by atoms with Crippen molar-refractivity contribution in [3.63, 3.8) is 0 Å². The van der Waals surface area contributed by atoms with Crippen LogP contribution in [0.2, 0.25) is 0 Å². The number of nitrogens with two attached hydrogens (primary N) is 1. The molecule has 0 fully saturated rings. The molecule has 0 aliphatic rings. The standard InChI is InChI=1S/C10H10N2OS/c11-9-3-1-2-8(6-9)7-12-10(13)4-5-14-12/h1-6H,7,11H2. The molecule has 0 spiro atoms. The van der Waals surface area contributed by atoms with Crippen LogP contribution in [-0.2, 0) is 6.54 Å². The number of nitrogen functional groups attached to an aromatic ring is 1. The summed E-state index contributed by atoms with van der Waals surface area (Å²) in [4.78, 5) is 11.3. The van der Waals surface area contributed by atoms with Gasteiger partial charge in [0.2, 0.25) is 0 Å². The highest BCUT2D eigenvalue weighted by Gasteiger charge is 1.98. The Hall–Kier alpha value is -1.55. The summed E-state index contributed by atoms with van der Waals surface area (Å²) in [5.41, 5.74) is 7.46. The van der Waals surface area contributed by atoms with Crippen LogP contribution < -0.4 is 11.3 Å². The fraction of sp³-hybridized carbons (Fsp3) is 0.100. The summed E-state index contributed by atoms with van der Waals surface area (Å²) in [6.07, 6.45) is 0. The van der Waals surface area contributed by atoms with Gasteiger partial charge in [-0.2, -0.15) is 0 Å². The Bertz CT molecular complexity index is 487. The highest BCUT2D eigenvalue weighted by Crippen LogP contribution is 2.08. The zero-order valence-corrected chi connectivity index (χ0v) is 8.33. The Morgan fingerprint density at radius 2 is 2.21 bits per heavy atom. The fourth-order valence-electron chi connectivity index (χ4n) is 1.27. The lowest BCUT2D eigenvalue weighted by Crippen LogP contribution is -2.12. The third kappa shape index (κ3) is 1.85. The number of hydrogen-bond acceptors (Lipinski definition) is 3. The molecule has 2 N–H and O–H groups in total. The Kier molecular flexibility index (Phi) is 2.37. The molecule has 1 aromatic heterocycles. The van der Waals surface area contributed by atoms with Crippen LogP contribution in [0.1, 0.15) is 5.56 Å². The minimum atomic E-state index is 0.0393. The van der Waals surface area contributed by atoms with Crippen molar-refractivity contribution in [2.45, 2.75) is 6.54 Å². The SMILES string of the molecule is Nc1cccc(Cn2sccc2=O)c1. The molecule has 0 saturated heterocycles. The summed E-state index contributed by atoms with van der Waals surface area (Å²) in [5.74, 6) is 0. The molecule has 4 heteroatoms. The van der Waals surface area contributed by atoms with Gasteiger partial charge in [0.05, 0.1) is 6.54 Å². The van der Waals surface area contributed by atoms with Gasteiger partial charge in [0, 0.05) is 17.1 Å². The molecule has 0 aliphatic carbocycles. The third-order valence-electron chi connectivity index (χ3n) is 1.92. The van der Waals surface area contributed by atoms with E-state index in [1.54, 1.807) is 15.4 Å². The summed E-state index contributed by atoms with van der Waals surface area (Å²) in [5, 5.41) is 1.79. The quantitative estimate of drug-likeness (QED) is 0.758. The van der Waals surface area contributed by atoms with E-state index in [9.17, 15) is 4.79 Å². The molecule has 1 aromatic carbocycles. The van der Waals surface area contributed by atoms with Crippen LogP contribution in [0.15, 0.2) is 40.5 Å². The Labute approximate surface area is 85.6 Å². The molecule has 0 radical (unpaired) electrons. The zero-order valence-electron chi connectivity index (χ0n) is 7.51. The molecule has 0 amide bonds. The van der Waals surface area contributed by atoms with Gasteiger partial charge >= 0.3 is 0 Å². The van der Waals surface area contributed by atoms with Gasteiger partial charge in [-0.3, -0.25) is 8.75 Å². The Balaban J connectivity index is 2.27. The second-order valence-corrected chi connectivity index (χ2v) is 3.95. The average molecular weight is 206 g/mol. The molecule has 0 saturated carbocycles. The van der Waals surface area contributed by atoms with Crippen LogP contribution >= 0.6 is 11.5 Å². The normalized spacial score (nSPS) is 10.3. The van der Waals surface area contributed by atoms with E-state index in [-0.39, 0.29) is 5.56 Å². The number of aromatic nitrogens is 1. The van der Waals surface area contributed by atoms with Crippen molar-refractivity contribution in [1.29, 1.82) is 0 Å². The third-order valence-corrected chi connectivity index (χ3v) is 2.74. The average Bonchev–Trinajstić information content (AvgIpc) is 2.52. The van der Waals surface area contributed by atoms with E-state index in [1.807, 2.05) is 24.3 Å². The van der Waals surface area contributed by atoms with Crippen molar-refractivity contribution in [3.05, 3.63) is 51.6 Å². The first-order chi connectivity index (χ1) is 6.75. The van der Waals surface area contributed by atoms with Crippen molar-refractivity contribution >= 4 is 17.2 Å². The van der Waals surface area contributed by atoms with E-state index < -0.39 is 0 Å². The van der Waals surface area contributed by atoms with Gasteiger partial charge in [-0.1, -0.05) is 23.7 Å². The summed E-state index contributed by atoms with van der Waals surface area (Å²) >= 11 is 1.41. The fourth-order valence-corrected chi connectivity index (χ4v) is 1.98. The number of hydrogen-bond donors (Lipinski definition) is 1. The number of anilines is 1. The van der Waals surface area contributed by atoms with Gasteiger partial charge in [0.25, 0.3) is 5.56 Å². The number of rotatable bonds is 2.